The number of thiazole rings is 1. The molecular weight excluding hydrogens is 352 g/mol. The molecule has 1 aromatic rings. The van der Waals surface area contributed by atoms with Gasteiger partial charge in [0.15, 0.2) is 5.13 Å². The number of hydrogen-bond acceptors (Lipinski definition) is 6. The Bertz CT molecular complexity index is 641. The second-order valence-electron chi connectivity index (χ2n) is 7.63. The monoisotopic (exact) mass is 382 g/mol. The van der Waals surface area contributed by atoms with Crippen LogP contribution in [0.25, 0.3) is 0 Å². The number of hydrogen-bond donors (Lipinski definition) is 0. The molecule has 146 valence electrons. The van der Waals surface area contributed by atoms with E-state index in [2.05, 4.69) is 16.8 Å². The smallest absolute Gasteiger partial charge is 0.410 e. The molecule has 2 heterocycles. The largest absolute Gasteiger partial charge is 0.444 e. The van der Waals surface area contributed by atoms with Crippen LogP contribution in [0, 0.1) is 0 Å². The highest BCUT2D eigenvalue weighted by atomic mass is 32.1. The first-order chi connectivity index (χ1) is 12.1. The topological polar surface area (TPSA) is 66.0 Å². The number of ether oxygens (including phenoxy) is 1. The van der Waals surface area contributed by atoms with Gasteiger partial charge < -0.3 is 9.64 Å². The summed E-state index contributed by atoms with van der Waals surface area (Å²) in [5, 5.41) is 2.75. The van der Waals surface area contributed by atoms with E-state index < -0.39 is 5.60 Å². The predicted octanol–water partition coefficient (Wildman–Crippen LogP) is 2.96. The lowest BCUT2D eigenvalue weighted by Gasteiger charge is -2.39. The number of carbonyl (C=O) groups excluding carboxylic acids is 2. The third-order valence-corrected chi connectivity index (χ3v) is 5.16. The van der Waals surface area contributed by atoms with Crippen LogP contribution in [-0.2, 0) is 16.1 Å². The van der Waals surface area contributed by atoms with Gasteiger partial charge >= 0.3 is 6.09 Å². The third-order valence-electron chi connectivity index (χ3n) is 4.25. The first-order valence-electron chi connectivity index (χ1n) is 9.05. The molecule has 0 saturated carbocycles. The molecule has 8 heteroatoms. The standard InChI is InChI=1S/C18H30N4O3S/c1-7-22(14(3)23)16-19-15(12-26-16)11-20-8-9-21(10-13(20)2)17(24)25-18(4,5)6/h12-13H,7-11H2,1-6H3/t13-/m0/s1. The van der Waals surface area contributed by atoms with Gasteiger partial charge in [-0.05, 0) is 34.6 Å². The van der Waals surface area contributed by atoms with Gasteiger partial charge in [0.1, 0.15) is 5.60 Å². The minimum atomic E-state index is -0.476. The van der Waals surface area contributed by atoms with Gasteiger partial charge in [-0.3, -0.25) is 14.6 Å². The van der Waals surface area contributed by atoms with E-state index in [1.54, 1.807) is 16.7 Å². The fourth-order valence-corrected chi connectivity index (χ4v) is 3.84. The molecule has 0 aliphatic carbocycles. The van der Waals surface area contributed by atoms with Crippen molar-refractivity contribution in [1.29, 1.82) is 0 Å². The van der Waals surface area contributed by atoms with E-state index in [4.69, 9.17) is 4.74 Å². The molecule has 2 amide bonds. The molecule has 1 fully saturated rings. The van der Waals surface area contributed by atoms with Crippen LogP contribution in [0.5, 0.6) is 0 Å². The van der Waals surface area contributed by atoms with Crippen LogP contribution in [-0.4, -0.2) is 64.6 Å². The molecule has 1 atom stereocenters. The second kappa shape index (κ2) is 8.35. The minimum Gasteiger partial charge on any atom is -0.444 e. The zero-order chi connectivity index (χ0) is 19.5. The SMILES string of the molecule is CCN(C(C)=O)c1nc(CN2CCN(C(=O)OC(C)(C)C)C[C@@H]2C)cs1. The van der Waals surface area contributed by atoms with Crippen molar-refractivity contribution in [2.24, 2.45) is 0 Å². The van der Waals surface area contributed by atoms with Gasteiger partial charge in [0, 0.05) is 51.1 Å². The second-order valence-corrected chi connectivity index (χ2v) is 8.47. The van der Waals surface area contributed by atoms with Gasteiger partial charge in [0.25, 0.3) is 0 Å². The molecule has 1 saturated heterocycles. The first-order valence-corrected chi connectivity index (χ1v) is 9.93. The summed E-state index contributed by atoms with van der Waals surface area (Å²) in [5.74, 6) is 0.00717. The van der Waals surface area contributed by atoms with Gasteiger partial charge in [-0.1, -0.05) is 0 Å². The number of amides is 2. The van der Waals surface area contributed by atoms with Crippen molar-refractivity contribution in [3.63, 3.8) is 0 Å². The summed E-state index contributed by atoms with van der Waals surface area (Å²) in [6.45, 7) is 14.6. The number of rotatable bonds is 4. The average Bonchev–Trinajstić information content (AvgIpc) is 2.96. The van der Waals surface area contributed by atoms with Crippen molar-refractivity contribution in [2.75, 3.05) is 31.1 Å². The number of nitrogens with zero attached hydrogens (tertiary/aromatic N) is 4. The Morgan fingerprint density at radius 3 is 2.62 bits per heavy atom. The molecule has 0 aromatic carbocycles. The van der Waals surface area contributed by atoms with Crippen LogP contribution < -0.4 is 4.90 Å². The fourth-order valence-electron chi connectivity index (χ4n) is 2.92. The number of aromatic nitrogens is 1. The Hall–Kier alpha value is -1.67. The van der Waals surface area contributed by atoms with E-state index >= 15 is 0 Å². The Morgan fingerprint density at radius 1 is 1.38 bits per heavy atom. The number of anilines is 1. The van der Waals surface area contributed by atoms with E-state index in [0.717, 1.165) is 23.9 Å². The molecule has 0 N–H and O–H groups in total. The summed E-state index contributed by atoms with van der Waals surface area (Å²) in [4.78, 5) is 34.3. The van der Waals surface area contributed by atoms with Crippen molar-refractivity contribution in [1.82, 2.24) is 14.8 Å². The number of piperazine rings is 1. The van der Waals surface area contributed by atoms with E-state index in [1.807, 2.05) is 33.1 Å². The van der Waals surface area contributed by atoms with Gasteiger partial charge in [0.2, 0.25) is 5.91 Å². The molecule has 2 rings (SSSR count). The summed E-state index contributed by atoms with van der Waals surface area (Å²) in [6.07, 6.45) is -0.250. The molecule has 0 bridgehead atoms. The van der Waals surface area contributed by atoms with Crippen LogP contribution in [0.1, 0.15) is 47.2 Å². The molecule has 26 heavy (non-hydrogen) atoms. The Balaban J connectivity index is 1.93. The highest BCUT2D eigenvalue weighted by Crippen LogP contribution is 2.23. The Morgan fingerprint density at radius 2 is 2.08 bits per heavy atom. The first kappa shape index (κ1) is 20.6. The van der Waals surface area contributed by atoms with E-state index in [-0.39, 0.29) is 18.0 Å². The summed E-state index contributed by atoms with van der Waals surface area (Å²) in [6, 6.07) is 0.219. The van der Waals surface area contributed by atoms with Gasteiger partial charge in [-0.15, -0.1) is 11.3 Å². The van der Waals surface area contributed by atoms with Crippen LogP contribution in [0.4, 0.5) is 9.93 Å². The number of carbonyl (C=O) groups is 2. The lowest BCUT2D eigenvalue weighted by atomic mass is 10.2. The maximum absolute atomic E-state index is 12.2. The summed E-state index contributed by atoms with van der Waals surface area (Å²) in [5.41, 5.74) is 0.485. The van der Waals surface area contributed by atoms with Crippen LogP contribution in [0.3, 0.4) is 0 Å². The van der Waals surface area contributed by atoms with E-state index in [9.17, 15) is 9.59 Å². The summed E-state index contributed by atoms with van der Waals surface area (Å²) < 4.78 is 5.46. The molecule has 0 unspecified atom stereocenters. The lowest BCUT2D eigenvalue weighted by Crippen LogP contribution is -2.54. The molecule has 0 radical (unpaired) electrons. The maximum atomic E-state index is 12.2. The van der Waals surface area contributed by atoms with Gasteiger partial charge in [0.05, 0.1) is 5.69 Å². The fraction of sp³-hybridized carbons (Fsp3) is 0.722. The van der Waals surface area contributed by atoms with Crippen molar-refractivity contribution in [3.8, 4) is 0 Å². The molecule has 1 aliphatic rings. The highest BCUT2D eigenvalue weighted by molar-refractivity contribution is 7.14. The maximum Gasteiger partial charge on any atom is 0.410 e. The molecule has 1 aromatic heterocycles. The van der Waals surface area contributed by atoms with E-state index in [1.165, 1.54) is 11.3 Å². The van der Waals surface area contributed by atoms with Crippen molar-refractivity contribution in [3.05, 3.63) is 11.1 Å². The third kappa shape index (κ3) is 5.41. The molecule has 1 aliphatic heterocycles. The zero-order valence-electron chi connectivity index (χ0n) is 16.6. The van der Waals surface area contributed by atoms with Gasteiger partial charge in [-0.25, -0.2) is 9.78 Å². The highest BCUT2D eigenvalue weighted by Gasteiger charge is 2.30. The van der Waals surface area contributed by atoms with Crippen LogP contribution in [0.15, 0.2) is 5.38 Å². The lowest BCUT2D eigenvalue weighted by molar-refractivity contribution is -0.116. The molecule has 0 spiro atoms. The quantitative estimate of drug-likeness (QED) is 0.801. The normalized spacial score (nSPS) is 18.7. The van der Waals surface area contributed by atoms with Crippen LogP contribution in [0.2, 0.25) is 0 Å². The summed E-state index contributed by atoms with van der Waals surface area (Å²) >= 11 is 1.49. The Labute approximate surface area is 159 Å². The molecule has 7 nitrogen and oxygen atoms in total. The minimum absolute atomic E-state index is 0.00717. The van der Waals surface area contributed by atoms with Crippen molar-refractivity contribution < 1.29 is 14.3 Å². The Kier molecular flexibility index (Phi) is 6.63. The van der Waals surface area contributed by atoms with Crippen molar-refractivity contribution >= 4 is 28.5 Å². The van der Waals surface area contributed by atoms with Crippen molar-refractivity contribution in [2.45, 2.75) is 59.7 Å². The summed E-state index contributed by atoms with van der Waals surface area (Å²) in [7, 11) is 0. The van der Waals surface area contributed by atoms with E-state index in [0.29, 0.717) is 19.6 Å². The van der Waals surface area contributed by atoms with Gasteiger partial charge in [-0.2, -0.15) is 0 Å². The van der Waals surface area contributed by atoms with Crippen LogP contribution >= 0.6 is 11.3 Å². The zero-order valence-corrected chi connectivity index (χ0v) is 17.4. The molecular formula is C18H30N4O3S. The average molecular weight is 383 g/mol. The predicted molar refractivity (Wildman–Crippen MR) is 103 cm³/mol.